The minimum atomic E-state index is -0.400. The molecule has 4 rings (SSSR count). The van der Waals surface area contributed by atoms with E-state index in [-0.39, 0.29) is 0 Å². The van der Waals surface area contributed by atoms with Crippen LogP contribution in [0.4, 0.5) is 0 Å². The molecule has 19 heavy (non-hydrogen) atoms. The molecule has 0 aromatic heterocycles. The molecule has 1 nitrogen and oxygen atoms in total. The summed E-state index contributed by atoms with van der Waals surface area (Å²) in [5.74, 6) is 0. The van der Waals surface area contributed by atoms with Gasteiger partial charge in [0.1, 0.15) is 0 Å². The lowest BCUT2D eigenvalue weighted by molar-refractivity contribution is 0.108. The van der Waals surface area contributed by atoms with Crippen molar-refractivity contribution in [1.82, 2.24) is 0 Å². The van der Waals surface area contributed by atoms with Gasteiger partial charge in [0.2, 0.25) is 0 Å². The molecule has 0 amide bonds. The van der Waals surface area contributed by atoms with Crippen LogP contribution in [0.2, 0.25) is 0 Å². The number of halogens is 1. The molecule has 0 N–H and O–H groups in total. The highest BCUT2D eigenvalue weighted by molar-refractivity contribution is 6.68. The molecule has 0 bridgehead atoms. The third-order valence-corrected chi connectivity index (χ3v) is 3.95. The first-order valence-corrected chi connectivity index (χ1v) is 6.50. The van der Waals surface area contributed by atoms with Crippen LogP contribution in [0.15, 0.2) is 54.6 Å². The summed E-state index contributed by atoms with van der Waals surface area (Å²) in [4.78, 5) is 11.7. The molecule has 0 spiro atoms. The van der Waals surface area contributed by atoms with Crippen LogP contribution < -0.4 is 0 Å². The molecule has 0 radical (unpaired) electrons. The Kier molecular flexibility index (Phi) is 2.09. The van der Waals surface area contributed by atoms with Gasteiger partial charge in [-0.1, -0.05) is 48.5 Å². The predicted molar refractivity (Wildman–Crippen MR) is 78.6 cm³/mol. The van der Waals surface area contributed by atoms with E-state index in [2.05, 4.69) is 18.2 Å². The molecular weight excluding hydrogens is 256 g/mol. The van der Waals surface area contributed by atoms with Gasteiger partial charge in [0.15, 0.2) is 0 Å². The zero-order valence-corrected chi connectivity index (χ0v) is 10.7. The molecule has 0 saturated heterocycles. The van der Waals surface area contributed by atoms with Gasteiger partial charge >= 0.3 is 0 Å². The first-order valence-electron chi connectivity index (χ1n) is 6.13. The fourth-order valence-electron chi connectivity index (χ4n) is 2.98. The normalized spacial score (nSPS) is 11.6. The molecule has 0 heterocycles. The van der Waals surface area contributed by atoms with E-state index < -0.39 is 5.24 Å². The smallest absolute Gasteiger partial charge is 0.253 e. The van der Waals surface area contributed by atoms with Gasteiger partial charge in [-0.25, -0.2) is 0 Å². The summed E-state index contributed by atoms with van der Waals surface area (Å²) in [7, 11) is 0. The van der Waals surface area contributed by atoms with Crippen LogP contribution in [-0.2, 0) is 0 Å². The highest BCUT2D eigenvalue weighted by Crippen LogP contribution is 2.48. The van der Waals surface area contributed by atoms with Crippen molar-refractivity contribution in [2.45, 2.75) is 0 Å². The summed E-state index contributed by atoms with van der Waals surface area (Å²) in [5, 5.41) is 1.88. The van der Waals surface area contributed by atoms with Gasteiger partial charge in [-0.05, 0) is 45.1 Å². The van der Waals surface area contributed by atoms with Crippen LogP contribution in [-0.4, -0.2) is 5.24 Å². The highest BCUT2D eigenvalue weighted by Gasteiger charge is 2.24. The van der Waals surface area contributed by atoms with Crippen molar-refractivity contribution in [3.63, 3.8) is 0 Å². The molecule has 0 saturated carbocycles. The molecule has 0 aliphatic heterocycles. The Bertz CT molecular complexity index is 849. The Morgan fingerprint density at radius 1 is 0.789 bits per heavy atom. The van der Waals surface area contributed by atoms with E-state index in [4.69, 9.17) is 11.6 Å². The summed E-state index contributed by atoms with van der Waals surface area (Å²) < 4.78 is 0. The molecule has 3 aromatic carbocycles. The third kappa shape index (κ3) is 1.33. The summed E-state index contributed by atoms with van der Waals surface area (Å²) >= 11 is 5.74. The topological polar surface area (TPSA) is 17.1 Å². The second kappa shape index (κ2) is 3.69. The van der Waals surface area contributed by atoms with E-state index in [0.717, 1.165) is 21.9 Å². The van der Waals surface area contributed by atoms with Crippen molar-refractivity contribution in [2.75, 3.05) is 0 Å². The second-order valence-corrected chi connectivity index (χ2v) is 5.05. The second-order valence-electron chi connectivity index (χ2n) is 4.71. The van der Waals surface area contributed by atoms with Crippen molar-refractivity contribution in [3.8, 4) is 22.3 Å². The first-order chi connectivity index (χ1) is 9.27. The molecule has 0 unspecified atom stereocenters. The summed E-state index contributed by atoms with van der Waals surface area (Å²) in [6, 6.07) is 18.1. The fourth-order valence-corrected chi connectivity index (χ4v) is 3.14. The van der Waals surface area contributed by atoms with E-state index in [1.165, 1.54) is 11.1 Å². The lowest BCUT2D eigenvalue weighted by atomic mass is 9.98. The Balaban J connectivity index is 2.28. The van der Waals surface area contributed by atoms with Crippen molar-refractivity contribution >= 4 is 27.6 Å². The molecule has 1 aliphatic rings. The summed E-state index contributed by atoms with van der Waals surface area (Å²) in [6.07, 6.45) is 0. The Labute approximate surface area is 115 Å². The fraction of sp³-hybridized carbons (Fsp3) is 0. The Morgan fingerprint density at radius 3 is 2.32 bits per heavy atom. The lowest BCUT2D eigenvalue weighted by Gasteiger charge is -2.06. The van der Waals surface area contributed by atoms with Crippen molar-refractivity contribution in [3.05, 3.63) is 60.2 Å². The maximum absolute atomic E-state index is 11.7. The highest BCUT2D eigenvalue weighted by atomic mass is 35.5. The van der Waals surface area contributed by atoms with Crippen LogP contribution in [0.3, 0.4) is 0 Å². The maximum Gasteiger partial charge on any atom is 0.253 e. The van der Waals surface area contributed by atoms with E-state index >= 15 is 0 Å². The SMILES string of the molecule is O=C(Cl)c1ccc2cccc3c2c1-c1ccccc1-3. The quantitative estimate of drug-likeness (QED) is 0.449. The number of fused-ring (bicyclic) bond motifs is 3. The minimum absolute atomic E-state index is 0.400. The lowest BCUT2D eigenvalue weighted by Crippen LogP contribution is -1.92. The average molecular weight is 265 g/mol. The predicted octanol–water partition coefficient (Wildman–Crippen LogP) is 4.87. The summed E-state index contributed by atoms with van der Waals surface area (Å²) in [6.45, 7) is 0. The van der Waals surface area contributed by atoms with E-state index in [9.17, 15) is 4.79 Å². The van der Waals surface area contributed by atoms with Crippen LogP contribution in [0.1, 0.15) is 10.4 Å². The van der Waals surface area contributed by atoms with Crippen LogP contribution >= 0.6 is 11.6 Å². The van der Waals surface area contributed by atoms with Gasteiger partial charge in [0.25, 0.3) is 5.24 Å². The molecule has 3 aromatic rings. The number of rotatable bonds is 1. The van der Waals surface area contributed by atoms with E-state index in [0.29, 0.717) is 5.56 Å². The van der Waals surface area contributed by atoms with Crippen molar-refractivity contribution < 1.29 is 4.79 Å². The average Bonchev–Trinajstić information content (AvgIpc) is 2.77. The molecule has 90 valence electrons. The zero-order chi connectivity index (χ0) is 13.0. The van der Waals surface area contributed by atoms with Gasteiger partial charge in [0.05, 0.1) is 0 Å². The standard InChI is InChI=1S/C17H9ClO/c18-17(19)14-9-8-10-4-3-7-12-11-5-1-2-6-13(11)16(14)15(10)12/h1-9H. The van der Waals surface area contributed by atoms with Gasteiger partial charge in [0, 0.05) is 11.1 Å². The van der Waals surface area contributed by atoms with Gasteiger partial charge < -0.3 is 0 Å². The largest absolute Gasteiger partial charge is 0.276 e. The monoisotopic (exact) mass is 264 g/mol. The van der Waals surface area contributed by atoms with Crippen LogP contribution in [0.5, 0.6) is 0 Å². The van der Waals surface area contributed by atoms with Gasteiger partial charge in [-0.15, -0.1) is 0 Å². The van der Waals surface area contributed by atoms with Crippen LogP contribution in [0.25, 0.3) is 33.0 Å². The maximum atomic E-state index is 11.7. The zero-order valence-electron chi connectivity index (χ0n) is 9.98. The molecular formula is C17H9ClO. The number of benzene rings is 3. The Hall–Kier alpha value is -2.12. The number of carbonyl (C=O) groups is 1. The van der Waals surface area contributed by atoms with Gasteiger partial charge in [-0.3, -0.25) is 4.79 Å². The minimum Gasteiger partial charge on any atom is -0.276 e. The van der Waals surface area contributed by atoms with Gasteiger partial charge in [-0.2, -0.15) is 0 Å². The molecule has 0 fully saturated rings. The van der Waals surface area contributed by atoms with Crippen molar-refractivity contribution in [1.29, 1.82) is 0 Å². The first kappa shape index (κ1) is 10.8. The molecule has 1 aliphatic carbocycles. The third-order valence-electron chi connectivity index (χ3n) is 3.74. The molecule has 0 atom stereocenters. The van der Waals surface area contributed by atoms with Crippen molar-refractivity contribution in [2.24, 2.45) is 0 Å². The molecule has 2 heteroatoms. The number of hydrogen-bond acceptors (Lipinski definition) is 1. The van der Waals surface area contributed by atoms with E-state index in [1.807, 2.05) is 36.4 Å². The Morgan fingerprint density at radius 2 is 1.53 bits per heavy atom. The number of hydrogen-bond donors (Lipinski definition) is 0. The number of carbonyl (C=O) groups excluding carboxylic acids is 1. The van der Waals surface area contributed by atoms with E-state index in [1.54, 1.807) is 0 Å². The van der Waals surface area contributed by atoms with Crippen LogP contribution in [0, 0.1) is 0 Å². The summed E-state index contributed by atoms with van der Waals surface area (Å²) in [5.41, 5.74) is 5.02.